The number of rotatable bonds is 6. The second-order valence-corrected chi connectivity index (χ2v) is 7.68. The van der Waals surface area contributed by atoms with Gasteiger partial charge in [0.1, 0.15) is 11.4 Å². The first-order chi connectivity index (χ1) is 14.8. The number of nitrogens with two attached hydrogens (primary N) is 1. The van der Waals surface area contributed by atoms with E-state index in [1.807, 2.05) is 0 Å². The summed E-state index contributed by atoms with van der Waals surface area (Å²) < 4.78 is 0.235. The predicted octanol–water partition coefficient (Wildman–Crippen LogP) is 3.88. The van der Waals surface area contributed by atoms with Crippen molar-refractivity contribution in [2.45, 2.75) is 13.8 Å². The number of aromatic carboxylic acids is 2. The number of hydrogen-bond acceptors (Lipinski definition) is 8. The topological polar surface area (TPSA) is 216 Å². The Morgan fingerprint density at radius 1 is 0.969 bits per heavy atom. The lowest BCUT2D eigenvalue weighted by molar-refractivity contribution is -0.384. The van der Waals surface area contributed by atoms with Crippen LogP contribution in [0.25, 0.3) is 0 Å². The summed E-state index contributed by atoms with van der Waals surface area (Å²) in [5.41, 5.74) is 3.93. The van der Waals surface area contributed by atoms with Gasteiger partial charge in [0, 0.05) is 8.95 Å². The van der Waals surface area contributed by atoms with Gasteiger partial charge in [-0.05, 0) is 69.0 Å². The molecular formula is C17H14Br2N4O9. The molecule has 0 atom stereocenters. The highest BCUT2D eigenvalue weighted by molar-refractivity contribution is 9.10. The fourth-order valence-corrected chi connectivity index (χ4v) is 3.96. The van der Waals surface area contributed by atoms with Gasteiger partial charge in [0.25, 0.3) is 0 Å². The minimum atomic E-state index is -1.45. The van der Waals surface area contributed by atoms with Crippen LogP contribution in [0.1, 0.15) is 31.8 Å². The minimum Gasteiger partial charge on any atom is -0.477 e. The number of anilines is 2. The standard InChI is InChI=1S/C9H7BrN2O5.C8H7BrN2O4/c1-4-2-5(10)6(9(14)15)8(12(16)17)7(4)11-3-13;1-3-2-4(9)5(8(12)13)7(6(3)10)11(14)15/h2-3H,1H3,(H,11,13)(H,14,15);2H,10H2,1H3,(H,12,13). The van der Waals surface area contributed by atoms with Crippen molar-refractivity contribution < 1.29 is 34.4 Å². The van der Waals surface area contributed by atoms with Crippen LogP contribution >= 0.6 is 31.9 Å². The maximum absolute atomic E-state index is 11.0. The second-order valence-electron chi connectivity index (χ2n) is 5.97. The summed E-state index contributed by atoms with van der Waals surface area (Å²) in [6.45, 7) is 3.09. The number of nitrogens with zero attached hydrogens (tertiary/aromatic N) is 2. The number of carboxylic acid groups (broad SMARTS) is 2. The summed E-state index contributed by atoms with van der Waals surface area (Å²) in [4.78, 5) is 52.1. The molecule has 15 heteroatoms. The Bertz CT molecular complexity index is 1150. The van der Waals surface area contributed by atoms with Crippen molar-refractivity contribution in [1.82, 2.24) is 0 Å². The molecule has 2 rings (SSSR count). The molecule has 0 aliphatic rings. The molecule has 0 saturated heterocycles. The molecule has 0 aliphatic heterocycles. The average molecular weight is 578 g/mol. The van der Waals surface area contributed by atoms with Crippen LogP contribution in [0.3, 0.4) is 0 Å². The average Bonchev–Trinajstić information content (AvgIpc) is 2.65. The molecule has 170 valence electrons. The molecule has 0 aromatic heterocycles. The minimum absolute atomic E-state index is 0.0886. The predicted molar refractivity (Wildman–Crippen MR) is 119 cm³/mol. The van der Waals surface area contributed by atoms with Gasteiger partial charge >= 0.3 is 23.3 Å². The van der Waals surface area contributed by atoms with Crippen molar-refractivity contribution in [3.8, 4) is 0 Å². The van der Waals surface area contributed by atoms with Gasteiger partial charge in [-0.25, -0.2) is 9.59 Å². The third-order valence-corrected chi connectivity index (χ3v) is 5.20. The van der Waals surface area contributed by atoms with Crippen molar-refractivity contribution in [1.29, 1.82) is 0 Å². The number of amides is 1. The van der Waals surface area contributed by atoms with E-state index in [1.165, 1.54) is 19.1 Å². The summed E-state index contributed by atoms with van der Waals surface area (Å²) in [5, 5.41) is 41.5. The van der Waals surface area contributed by atoms with E-state index in [-0.39, 0.29) is 26.7 Å². The number of nitro benzene ring substituents is 2. The molecule has 32 heavy (non-hydrogen) atoms. The number of carbonyl (C=O) groups is 3. The first kappa shape index (κ1) is 26.4. The monoisotopic (exact) mass is 576 g/mol. The van der Waals surface area contributed by atoms with Gasteiger partial charge in [-0.1, -0.05) is 0 Å². The summed E-state index contributed by atoms with van der Waals surface area (Å²) >= 11 is 5.91. The molecule has 0 aliphatic carbocycles. The van der Waals surface area contributed by atoms with E-state index in [1.54, 1.807) is 6.92 Å². The number of nitrogen functional groups attached to an aromatic ring is 1. The zero-order valence-corrected chi connectivity index (χ0v) is 19.4. The summed E-state index contributed by atoms with van der Waals surface area (Å²) in [5.74, 6) is -2.84. The molecule has 0 spiro atoms. The Hall–Kier alpha value is -3.59. The second kappa shape index (κ2) is 10.6. The van der Waals surface area contributed by atoms with Crippen LogP contribution in [0.4, 0.5) is 22.7 Å². The fraction of sp³-hybridized carbons (Fsp3) is 0.118. The molecule has 0 fully saturated rings. The molecule has 0 heterocycles. The Kier molecular flexibility index (Phi) is 8.78. The third-order valence-electron chi connectivity index (χ3n) is 3.94. The highest BCUT2D eigenvalue weighted by atomic mass is 79.9. The largest absolute Gasteiger partial charge is 0.477 e. The van der Waals surface area contributed by atoms with E-state index in [9.17, 15) is 34.6 Å². The third kappa shape index (κ3) is 5.55. The molecule has 0 unspecified atom stereocenters. The zero-order chi connectivity index (χ0) is 24.9. The summed E-state index contributed by atoms with van der Waals surface area (Å²) in [6, 6.07) is 2.83. The number of nitrogens with one attached hydrogen (secondary N) is 1. The van der Waals surface area contributed by atoms with Crippen molar-refractivity contribution in [3.63, 3.8) is 0 Å². The van der Waals surface area contributed by atoms with Gasteiger partial charge in [0.05, 0.1) is 9.85 Å². The molecule has 13 nitrogen and oxygen atoms in total. The number of benzene rings is 2. The lowest BCUT2D eigenvalue weighted by Crippen LogP contribution is -2.09. The van der Waals surface area contributed by atoms with Crippen molar-refractivity contribution in [2.24, 2.45) is 0 Å². The Morgan fingerprint density at radius 2 is 1.38 bits per heavy atom. The Balaban J connectivity index is 0.000000323. The molecule has 1 amide bonds. The van der Waals surface area contributed by atoms with Gasteiger partial charge in [0.2, 0.25) is 6.41 Å². The normalized spacial score (nSPS) is 9.88. The quantitative estimate of drug-likeness (QED) is 0.168. The van der Waals surface area contributed by atoms with Gasteiger partial charge in [-0.2, -0.15) is 0 Å². The van der Waals surface area contributed by atoms with E-state index in [2.05, 4.69) is 37.2 Å². The molecule has 2 aromatic carbocycles. The molecule has 0 bridgehead atoms. The number of hydrogen-bond donors (Lipinski definition) is 4. The smallest absolute Gasteiger partial charge is 0.343 e. The van der Waals surface area contributed by atoms with Crippen LogP contribution in [0.15, 0.2) is 21.1 Å². The van der Waals surface area contributed by atoms with Crippen molar-refractivity contribution in [3.05, 3.63) is 63.6 Å². The molecular weight excluding hydrogens is 564 g/mol. The van der Waals surface area contributed by atoms with Crippen LogP contribution in [0.2, 0.25) is 0 Å². The first-order valence-electron chi connectivity index (χ1n) is 8.13. The van der Waals surface area contributed by atoms with E-state index in [0.717, 1.165) is 0 Å². The van der Waals surface area contributed by atoms with E-state index < -0.39 is 44.3 Å². The first-order valence-corrected chi connectivity index (χ1v) is 9.71. The number of nitro groups is 2. The van der Waals surface area contributed by atoms with Gasteiger partial charge in [-0.3, -0.25) is 25.0 Å². The van der Waals surface area contributed by atoms with Crippen LogP contribution in [0.5, 0.6) is 0 Å². The van der Waals surface area contributed by atoms with Crippen LogP contribution in [-0.2, 0) is 4.79 Å². The van der Waals surface area contributed by atoms with E-state index >= 15 is 0 Å². The van der Waals surface area contributed by atoms with E-state index in [0.29, 0.717) is 11.1 Å². The lowest BCUT2D eigenvalue weighted by atomic mass is 10.1. The number of carboxylic acids is 2. The maximum atomic E-state index is 11.0. The number of halogens is 2. The van der Waals surface area contributed by atoms with Gasteiger partial charge in [0.15, 0.2) is 11.1 Å². The molecule has 5 N–H and O–H groups in total. The molecule has 0 saturated carbocycles. The Morgan fingerprint density at radius 3 is 1.75 bits per heavy atom. The number of aryl methyl sites for hydroxylation is 2. The van der Waals surface area contributed by atoms with Crippen LogP contribution in [-0.4, -0.2) is 38.4 Å². The van der Waals surface area contributed by atoms with E-state index in [4.69, 9.17) is 15.9 Å². The zero-order valence-electron chi connectivity index (χ0n) is 16.2. The number of carbonyl (C=O) groups excluding carboxylic acids is 1. The van der Waals surface area contributed by atoms with Crippen molar-refractivity contribution in [2.75, 3.05) is 11.1 Å². The van der Waals surface area contributed by atoms with Crippen molar-refractivity contribution >= 4 is 73.0 Å². The maximum Gasteiger partial charge on any atom is 0.343 e. The van der Waals surface area contributed by atoms with Gasteiger partial charge < -0.3 is 21.3 Å². The van der Waals surface area contributed by atoms with Gasteiger partial charge in [-0.15, -0.1) is 0 Å². The summed E-state index contributed by atoms with van der Waals surface area (Å²) in [6.07, 6.45) is 0.259. The van der Waals surface area contributed by atoms with Crippen LogP contribution < -0.4 is 11.1 Å². The molecule has 2 aromatic rings. The highest BCUT2D eigenvalue weighted by Gasteiger charge is 2.29. The summed E-state index contributed by atoms with van der Waals surface area (Å²) in [7, 11) is 0. The SMILES string of the molecule is Cc1cc(Br)c(C(=O)O)c([N+](=O)[O-])c1N.Cc1cc(Br)c(C(=O)O)c([N+](=O)[O-])c1NC=O. The van der Waals surface area contributed by atoms with Crippen LogP contribution in [0, 0.1) is 34.1 Å². The highest BCUT2D eigenvalue weighted by Crippen LogP contribution is 2.37. The lowest BCUT2D eigenvalue weighted by Gasteiger charge is -2.09. The Labute approximate surface area is 195 Å². The fourth-order valence-electron chi connectivity index (χ4n) is 2.55. The molecule has 0 radical (unpaired) electrons.